The number of carbonyl (C=O) groups excluding carboxylic acids is 1. The van der Waals surface area contributed by atoms with Crippen LogP contribution in [-0.4, -0.2) is 31.4 Å². The number of aryl methyl sites for hydroxylation is 1. The van der Waals surface area contributed by atoms with Gasteiger partial charge in [0.25, 0.3) is 10.0 Å². The van der Waals surface area contributed by atoms with E-state index in [0.717, 1.165) is 16.3 Å². The van der Waals surface area contributed by atoms with Crippen molar-refractivity contribution in [1.82, 2.24) is 0 Å². The van der Waals surface area contributed by atoms with E-state index in [4.69, 9.17) is 11.6 Å². The molecule has 0 aliphatic heterocycles. The van der Waals surface area contributed by atoms with Crippen LogP contribution in [0.15, 0.2) is 83.8 Å². The van der Waals surface area contributed by atoms with Crippen LogP contribution in [0.1, 0.15) is 32.3 Å². The van der Waals surface area contributed by atoms with Crippen LogP contribution < -0.4 is 9.62 Å². The van der Waals surface area contributed by atoms with Crippen molar-refractivity contribution in [3.63, 3.8) is 0 Å². The number of aliphatic carboxylic acids is 1. The third-order valence-corrected chi connectivity index (χ3v) is 7.63. The number of nitrogens with zero attached hydrogens (tertiary/aromatic N) is 1. The van der Waals surface area contributed by atoms with Crippen molar-refractivity contribution in [1.29, 1.82) is 0 Å². The number of halogens is 1. The lowest BCUT2D eigenvalue weighted by atomic mass is 10.0. The topological polar surface area (TPSA) is 104 Å². The number of nitrogens with one attached hydrogen (secondary N) is 1. The van der Waals surface area contributed by atoms with Crippen molar-refractivity contribution in [2.24, 2.45) is 5.92 Å². The summed E-state index contributed by atoms with van der Waals surface area (Å²) in [6, 6.07) is 20.3. The van der Waals surface area contributed by atoms with Gasteiger partial charge in [-0.3, -0.25) is 9.10 Å². The van der Waals surface area contributed by atoms with E-state index < -0.39 is 28.0 Å². The summed E-state index contributed by atoms with van der Waals surface area (Å²) >= 11 is 6.10. The number of carboxylic acid groups (broad SMARTS) is 1. The van der Waals surface area contributed by atoms with Crippen LogP contribution in [0.25, 0.3) is 0 Å². The first kappa shape index (κ1) is 27.2. The fourth-order valence-electron chi connectivity index (χ4n) is 3.89. The lowest BCUT2D eigenvalue weighted by Gasteiger charge is -2.32. The molecule has 1 amide bonds. The van der Waals surface area contributed by atoms with Gasteiger partial charge in [0, 0.05) is 17.1 Å². The van der Waals surface area contributed by atoms with Gasteiger partial charge in [-0.05, 0) is 60.7 Å². The Morgan fingerprint density at radius 1 is 0.972 bits per heavy atom. The summed E-state index contributed by atoms with van der Waals surface area (Å²) in [4.78, 5) is 24.5. The van der Waals surface area contributed by atoms with Gasteiger partial charge < -0.3 is 10.4 Å². The summed E-state index contributed by atoms with van der Waals surface area (Å²) in [6.07, 6.45) is 1.67. The molecule has 0 aliphatic rings. The standard InChI is InChI=1S/C27H29ClN2O5S/c1-19(2)26(27(32)33)30(23-14-7-12-21(28)17-23)36(34,35)24-15-8-13-22(18-24)29-25(31)16-6-11-20-9-4-3-5-10-20/h3-5,7-10,12-15,17-19,26H,6,11,16H2,1-2H3,(H,29,31)(H,32,33). The summed E-state index contributed by atoms with van der Waals surface area (Å²) in [5.41, 5.74) is 1.58. The molecule has 3 rings (SSSR count). The number of carbonyl (C=O) groups is 2. The van der Waals surface area contributed by atoms with Gasteiger partial charge in [0.2, 0.25) is 5.91 Å². The van der Waals surface area contributed by atoms with Crippen LogP contribution in [0.3, 0.4) is 0 Å². The fraction of sp³-hybridized carbons (Fsp3) is 0.259. The van der Waals surface area contributed by atoms with E-state index in [0.29, 0.717) is 12.1 Å². The number of amides is 1. The average Bonchev–Trinajstić information content (AvgIpc) is 2.82. The molecule has 3 aromatic carbocycles. The zero-order chi connectivity index (χ0) is 26.3. The zero-order valence-electron chi connectivity index (χ0n) is 20.1. The maximum absolute atomic E-state index is 13.8. The fourth-order valence-corrected chi connectivity index (χ4v) is 5.85. The van der Waals surface area contributed by atoms with Gasteiger partial charge in [-0.1, -0.05) is 67.9 Å². The Hall–Kier alpha value is -3.36. The smallest absolute Gasteiger partial charge is 0.327 e. The number of benzene rings is 3. The highest BCUT2D eigenvalue weighted by Crippen LogP contribution is 2.31. The molecule has 9 heteroatoms. The lowest BCUT2D eigenvalue weighted by Crippen LogP contribution is -2.48. The molecule has 0 aromatic heterocycles. The molecule has 0 heterocycles. The highest BCUT2D eigenvalue weighted by Gasteiger charge is 2.38. The summed E-state index contributed by atoms with van der Waals surface area (Å²) < 4.78 is 28.4. The molecule has 0 bridgehead atoms. The lowest BCUT2D eigenvalue weighted by molar-refractivity contribution is -0.139. The van der Waals surface area contributed by atoms with E-state index in [1.165, 1.54) is 30.3 Å². The molecule has 0 fully saturated rings. The molecule has 1 atom stereocenters. The monoisotopic (exact) mass is 528 g/mol. The van der Waals surface area contributed by atoms with Crippen molar-refractivity contribution >= 4 is 44.9 Å². The molecule has 190 valence electrons. The first-order chi connectivity index (χ1) is 17.1. The van der Waals surface area contributed by atoms with E-state index in [9.17, 15) is 23.1 Å². The van der Waals surface area contributed by atoms with Crippen molar-refractivity contribution in [3.05, 3.63) is 89.4 Å². The number of hydrogen-bond donors (Lipinski definition) is 2. The first-order valence-corrected chi connectivity index (χ1v) is 13.4. The SMILES string of the molecule is CC(C)C(C(=O)O)N(c1cccc(Cl)c1)S(=O)(=O)c1cccc(NC(=O)CCCc2ccccc2)c1. The van der Waals surface area contributed by atoms with Gasteiger partial charge in [0.15, 0.2) is 0 Å². The minimum Gasteiger partial charge on any atom is -0.480 e. The van der Waals surface area contributed by atoms with E-state index in [1.807, 2.05) is 30.3 Å². The average molecular weight is 529 g/mol. The van der Waals surface area contributed by atoms with E-state index in [-0.39, 0.29) is 27.9 Å². The number of sulfonamides is 1. The Morgan fingerprint density at radius 3 is 2.31 bits per heavy atom. The molecule has 2 N–H and O–H groups in total. The molecule has 0 saturated heterocycles. The maximum atomic E-state index is 13.8. The molecule has 0 radical (unpaired) electrons. The van der Waals surface area contributed by atoms with Crippen LogP contribution in [0.4, 0.5) is 11.4 Å². The van der Waals surface area contributed by atoms with E-state index in [2.05, 4.69) is 5.32 Å². The molecule has 0 spiro atoms. The predicted molar refractivity (Wildman–Crippen MR) is 142 cm³/mol. The van der Waals surface area contributed by atoms with Crippen molar-refractivity contribution in [2.45, 2.75) is 44.0 Å². The number of hydrogen-bond acceptors (Lipinski definition) is 4. The van der Waals surface area contributed by atoms with E-state index in [1.54, 1.807) is 32.0 Å². The van der Waals surface area contributed by atoms with E-state index >= 15 is 0 Å². The Balaban J connectivity index is 1.85. The third kappa shape index (κ3) is 6.86. The highest BCUT2D eigenvalue weighted by molar-refractivity contribution is 7.93. The van der Waals surface area contributed by atoms with Crippen LogP contribution in [0.5, 0.6) is 0 Å². The van der Waals surface area contributed by atoms with Crippen LogP contribution in [0, 0.1) is 5.92 Å². The Kier molecular flexibility index (Phi) is 9.12. The minimum atomic E-state index is -4.33. The highest BCUT2D eigenvalue weighted by atomic mass is 35.5. The summed E-state index contributed by atoms with van der Waals surface area (Å²) in [5.74, 6) is -2.06. The Bertz CT molecular complexity index is 1310. The van der Waals surface area contributed by atoms with Crippen molar-refractivity contribution in [2.75, 3.05) is 9.62 Å². The molecule has 1 unspecified atom stereocenters. The molecule has 7 nitrogen and oxygen atoms in total. The van der Waals surface area contributed by atoms with Gasteiger partial charge in [0.1, 0.15) is 6.04 Å². The predicted octanol–water partition coefficient (Wildman–Crippen LogP) is 5.61. The number of rotatable bonds is 11. The van der Waals surface area contributed by atoms with Gasteiger partial charge in [-0.15, -0.1) is 0 Å². The molecular formula is C27H29ClN2O5S. The van der Waals surface area contributed by atoms with Crippen LogP contribution in [-0.2, 0) is 26.0 Å². The Morgan fingerprint density at radius 2 is 1.67 bits per heavy atom. The van der Waals surface area contributed by atoms with Gasteiger partial charge >= 0.3 is 5.97 Å². The maximum Gasteiger partial charge on any atom is 0.327 e. The Labute approximate surface area is 216 Å². The number of anilines is 2. The van der Waals surface area contributed by atoms with Gasteiger partial charge in [-0.25, -0.2) is 13.2 Å². The molecule has 0 saturated carbocycles. The van der Waals surface area contributed by atoms with Crippen LogP contribution in [0.2, 0.25) is 5.02 Å². The largest absolute Gasteiger partial charge is 0.480 e. The molecule has 0 aliphatic carbocycles. The summed E-state index contributed by atoms with van der Waals surface area (Å²) in [6.45, 7) is 3.27. The van der Waals surface area contributed by atoms with Gasteiger partial charge in [0.05, 0.1) is 10.6 Å². The normalized spacial score (nSPS) is 12.2. The molecule has 3 aromatic rings. The minimum absolute atomic E-state index is 0.138. The second kappa shape index (κ2) is 12.1. The first-order valence-electron chi connectivity index (χ1n) is 11.6. The zero-order valence-corrected chi connectivity index (χ0v) is 21.7. The number of carboxylic acids is 1. The van der Waals surface area contributed by atoms with Crippen molar-refractivity contribution < 1.29 is 23.1 Å². The molecular weight excluding hydrogens is 500 g/mol. The summed E-state index contributed by atoms with van der Waals surface area (Å²) in [7, 11) is -4.33. The summed E-state index contributed by atoms with van der Waals surface area (Å²) in [5, 5.41) is 12.9. The van der Waals surface area contributed by atoms with Gasteiger partial charge in [-0.2, -0.15) is 0 Å². The molecule has 36 heavy (non-hydrogen) atoms. The second-order valence-electron chi connectivity index (χ2n) is 8.72. The second-order valence-corrected chi connectivity index (χ2v) is 11.0. The van der Waals surface area contributed by atoms with Crippen molar-refractivity contribution in [3.8, 4) is 0 Å². The third-order valence-electron chi connectivity index (χ3n) is 5.59. The van der Waals surface area contributed by atoms with Crippen LogP contribution >= 0.6 is 11.6 Å². The quantitative estimate of drug-likeness (QED) is 0.337.